The molecule has 4 fully saturated rings. The van der Waals surface area contributed by atoms with Crippen molar-refractivity contribution in [1.29, 1.82) is 0 Å². The first-order valence-corrected chi connectivity index (χ1v) is 38.6. The van der Waals surface area contributed by atoms with Gasteiger partial charge in [0.05, 0.1) is 0 Å². The Labute approximate surface area is 347 Å². The van der Waals surface area contributed by atoms with E-state index in [0.717, 1.165) is 37.0 Å². The third kappa shape index (κ3) is 6.19. The second kappa shape index (κ2) is 14.6. The van der Waals surface area contributed by atoms with Gasteiger partial charge < -0.3 is 0 Å². The van der Waals surface area contributed by atoms with Gasteiger partial charge >= 0.3 is 350 Å². The fourth-order valence-corrected chi connectivity index (χ4v) is 44.9. The monoisotopic (exact) mass is 875 g/mol. The molecule has 0 radical (unpaired) electrons. The minimum absolute atomic E-state index is 0.104. The molecule has 4 saturated carbocycles. The Hall–Kier alpha value is -1.96. The first-order valence-electron chi connectivity index (χ1n) is 22.3. The van der Waals surface area contributed by atoms with Crippen LogP contribution in [0.1, 0.15) is 139 Å². The summed E-state index contributed by atoms with van der Waals surface area (Å²) in [5, 5.41) is 0. The molecule has 6 aliphatic carbocycles. The molecule has 0 N–H and O–H groups in total. The Kier molecular flexibility index (Phi) is 10.3. The van der Waals surface area contributed by atoms with Crippen LogP contribution in [0.15, 0.2) is 96.1 Å². The number of benzene rings is 4. The fraction of sp³-hybridized carbons (Fsp3) is 0.462. The first-order chi connectivity index (χ1) is 26.8. The molecule has 293 valence electrons. The zero-order chi connectivity index (χ0) is 39.2. The van der Waals surface area contributed by atoms with Crippen molar-refractivity contribution in [1.82, 2.24) is 0 Å². The molecule has 0 nitrogen and oxygen atoms in total. The molecule has 0 spiro atoms. The molecular weight excluding hydrogens is 815 g/mol. The maximum atomic E-state index is 8.89. The van der Waals surface area contributed by atoms with Crippen LogP contribution in [0, 0.1) is 23.7 Å². The van der Waals surface area contributed by atoms with Crippen molar-refractivity contribution < 1.29 is 15.6 Å². The van der Waals surface area contributed by atoms with Gasteiger partial charge in [0.25, 0.3) is 0 Å². The van der Waals surface area contributed by atoms with Crippen LogP contribution in [-0.4, -0.2) is 5.92 Å². The van der Waals surface area contributed by atoms with Gasteiger partial charge in [-0.05, 0) is 0 Å². The van der Waals surface area contributed by atoms with Crippen LogP contribution < -0.4 is 0 Å². The number of hydrogen-bond acceptors (Lipinski definition) is 0. The van der Waals surface area contributed by atoms with Crippen LogP contribution in [0.25, 0.3) is 34.4 Å². The molecule has 0 aromatic heterocycles. The van der Waals surface area contributed by atoms with E-state index in [1.807, 2.05) is 0 Å². The van der Waals surface area contributed by atoms with Crippen molar-refractivity contribution in [3.05, 3.63) is 129 Å². The Morgan fingerprint density at radius 1 is 0.679 bits per heavy atom. The van der Waals surface area contributed by atoms with Crippen LogP contribution in [0.4, 0.5) is 0 Å². The third-order valence-electron chi connectivity index (χ3n) is 15.9. The van der Waals surface area contributed by atoms with E-state index in [0.29, 0.717) is 17.3 Å². The van der Waals surface area contributed by atoms with Crippen molar-refractivity contribution in [3.63, 3.8) is 0 Å². The van der Waals surface area contributed by atoms with Gasteiger partial charge in [0, 0.05) is 0 Å². The van der Waals surface area contributed by atoms with Crippen LogP contribution in [0.3, 0.4) is 0 Å². The molecule has 4 aromatic rings. The predicted octanol–water partition coefficient (Wildman–Crippen LogP) is 16.0. The number of hydrogen-bond donors (Lipinski definition) is 0. The van der Waals surface area contributed by atoms with Crippen molar-refractivity contribution in [2.75, 3.05) is 0 Å². The van der Waals surface area contributed by atoms with Gasteiger partial charge in [-0.1, -0.05) is 0 Å². The van der Waals surface area contributed by atoms with Crippen molar-refractivity contribution >= 4 is 35.1 Å². The third-order valence-corrected chi connectivity index (χ3v) is 67.6. The molecule has 6 aliphatic rings. The van der Waals surface area contributed by atoms with E-state index in [9.17, 15) is 0 Å². The normalized spacial score (nSPS) is 27.6. The minimum atomic E-state index is -4.91. The average Bonchev–Trinajstić information content (AvgIpc) is 3.78. The van der Waals surface area contributed by atoms with E-state index in [4.69, 9.17) is 17.0 Å². The molecule has 56 heavy (non-hydrogen) atoms. The molecule has 10 rings (SSSR count). The SMILES string of the molecule is CCCC(C)C1=Cc2c(-c3ccc(C(C)C)cc3)cccc2[CH]1[Zr]([Cl])([Cl])([CH]1C(CC)=Cc2c(-c3ccc(C45CC6CC(CC(C6)C4)C5)cc3)cccc21)[SiH](C)C. The number of fused-ring (bicyclic) bond motifs is 2. The summed E-state index contributed by atoms with van der Waals surface area (Å²) in [5.41, 5.74) is 17.2. The molecule has 0 heterocycles. The van der Waals surface area contributed by atoms with Gasteiger partial charge in [0.15, 0.2) is 0 Å². The molecule has 3 atom stereocenters. The zero-order valence-electron chi connectivity index (χ0n) is 35.0. The molecule has 0 aliphatic heterocycles. The quantitative estimate of drug-likeness (QED) is 0.132. The second-order valence-corrected chi connectivity index (χ2v) is 62.3. The van der Waals surface area contributed by atoms with Crippen molar-refractivity contribution in [2.45, 2.75) is 124 Å². The number of rotatable bonds is 11. The second-order valence-electron chi connectivity index (χ2n) is 19.8. The van der Waals surface area contributed by atoms with Gasteiger partial charge in [0.1, 0.15) is 0 Å². The number of halogens is 2. The van der Waals surface area contributed by atoms with Gasteiger partial charge in [-0.2, -0.15) is 0 Å². The van der Waals surface area contributed by atoms with E-state index in [1.165, 1.54) is 99.7 Å². The van der Waals surface area contributed by atoms with Crippen molar-refractivity contribution in [3.8, 4) is 22.3 Å². The predicted molar refractivity (Wildman–Crippen MR) is 244 cm³/mol. The summed E-state index contributed by atoms with van der Waals surface area (Å²) in [6.45, 7) is 16.7. The molecule has 4 bridgehead atoms. The van der Waals surface area contributed by atoms with E-state index < -0.39 is 21.5 Å². The van der Waals surface area contributed by atoms with E-state index >= 15 is 0 Å². The first kappa shape index (κ1) is 39.5. The standard InChI is InChI=1S/C27H29.C23H27.C2H7Si.2ClH.Zr/c1-2-18-13-23-4-3-5-25(26(23)14-18)22-6-8-24(9-7-22)27-15-19-10-20(16-27)12-21(11-19)17-27;1-5-7-17(4)21-14-20-8-6-9-22(23(20)15-21)19-12-10-18(11-13-19)16(2)3;1-3-2;;;/h3-9,13-14,19-21H,2,10-12,15-17H2,1H3;6,8-17H,5,7H2,1-4H3;3H,1-2H3;2*1H;/q;;;;;+2/p-2. The Morgan fingerprint density at radius 3 is 1.70 bits per heavy atom. The fourth-order valence-electron chi connectivity index (χ4n) is 13.3. The average molecular weight is 878 g/mol. The van der Waals surface area contributed by atoms with E-state index in [2.05, 4.69) is 145 Å². The van der Waals surface area contributed by atoms with Crippen LogP contribution in [-0.2, 0) is 21.0 Å². The maximum absolute atomic E-state index is 8.89. The topological polar surface area (TPSA) is 0 Å². The van der Waals surface area contributed by atoms with E-state index in [1.54, 1.807) is 5.56 Å². The summed E-state index contributed by atoms with van der Waals surface area (Å²) in [7, 11) is 17.8. The van der Waals surface area contributed by atoms with Crippen molar-refractivity contribution in [2.24, 2.45) is 23.7 Å². The Bertz CT molecular complexity index is 2170. The summed E-state index contributed by atoms with van der Waals surface area (Å²) >= 11 is -4.91. The number of allylic oxidation sites excluding steroid dienone is 2. The molecular formula is C52H63Cl2SiZr. The molecule has 0 amide bonds. The summed E-state index contributed by atoms with van der Waals surface area (Å²) in [4.78, 5) is 0. The zero-order valence-corrected chi connectivity index (χ0v) is 40.1. The van der Waals surface area contributed by atoms with Gasteiger partial charge in [-0.25, -0.2) is 0 Å². The van der Waals surface area contributed by atoms with Crippen LogP contribution in [0.2, 0.25) is 13.1 Å². The van der Waals surface area contributed by atoms with Gasteiger partial charge in [-0.3, -0.25) is 0 Å². The van der Waals surface area contributed by atoms with Crippen LogP contribution >= 0.6 is 17.0 Å². The van der Waals surface area contributed by atoms with Crippen LogP contribution in [0.5, 0.6) is 0 Å². The summed E-state index contributed by atoms with van der Waals surface area (Å²) in [6, 6.07) is 33.3. The Morgan fingerprint density at radius 2 is 1.20 bits per heavy atom. The van der Waals surface area contributed by atoms with E-state index in [-0.39, 0.29) is 7.25 Å². The summed E-state index contributed by atoms with van der Waals surface area (Å²) < 4.78 is 0.215. The van der Waals surface area contributed by atoms with Gasteiger partial charge in [0.2, 0.25) is 0 Å². The Balaban J connectivity index is 1.15. The molecule has 4 heteroatoms. The molecule has 3 unspecified atom stereocenters. The molecule has 4 aromatic carbocycles. The summed E-state index contributed by atoms with van der Waals surface area (Å²) in [6.07, 6.45) is 17.1. The molecule has 0 saturated heterocycles. The summed E-state index contributed by atoms with van der Waals surface area (Å²) in [5.74, 6) is 2.13. The van der Waals surface area contributed by atoms with Gasteiger partial charge in [-0.15, -0.1) is 0 Å².